The molecule has 1 fully saturated rings. The average molecular weight is 349 g/mol. The highest BCUT2D eigenvalue weighted by Crippen LogP contribution is 2.38. The van der Waals surface area contributed by atoms with Crippen molar-refractivity contribution >= 4 is 5.91 Å². The molecule has 134 valence electrons. The van der Waals surface area contributed by atoms with Gasteiger partial charge in [-0.1, -0.05) is 30.3 Å². The van der Waals surface area contributed by atoms with Crippen LogP contribution in [0.1, 0.15) is 52.8 Å². The fourth-order valence-corrected chi connectivity index (χ4v) is 3.12. The monoisotopic (exact) mass is 349 g/mol. The fraction of sp³-hybridized carbons (Fsp3) is 0.350. The van der Waals surface area contributed by atoms with E-state index in [1.165, 1.54) is 18.4 Å². The highest BCUT2D eigenvalue weighted by Gasteiger charge is 2.26. The number of carbonyl (C=O) groups is 1. The highest BCUT2D eigenvalue weighted by molar-refractivity contribution is 5.92. The average Bonchev–Trinajstić information content (AvgIpc) is 3.23. The maximum absolute atomic E-state index is 12.3. The van der Waals surface area contributed by atoms with Crippen molar-refractivity contribution in [1.82, 2.24) is 25.1 Å². The molecule has 1 aliphatic rings. The predicted octanol–water partition coefficient (Wildman–Crippen LogP) is 3.05. The standard InChI is InChI=1S/C20H23N5O/c26-20(18-13-17(23-24-18)16-8-9-16)22-14-19-21-10-12-25(19)11-4-7-15-5-2-1-3-6-15/h1-3,5-6,10,12-13,16H,4,7-9,11,14H2,(H,22,26)(H,23,24). The molecule has 0 atom stereocenters. The number of benzene rings is 1. The van der Waals surface area contributed by atoms with E-state index >= 15 is 0 Å². The van der Waals surface area contributed by atoms with Gasteiger partial charge in [0.1, 0.15) is 11.5 Å². The first kappa shape index (κ1) is 16.6. The molecule has 2 heterocycles. The summed E-state index contributed by atoms with van der Waals surface area (Å²) in [5, 5.41) is 10.0. The molecule has 1 saturated carbocycles. The summed E-state index contributed by atoms with van der Waals surface area (Å²) < 4.78 is 2.10. The van der Waals surface area contributed by atoms with E-state index in [0.29, 0.717) is 18.2 Å². The first-order valence-electron chi connectivity index (χ1n) is 9.17. The van der Waals surface area contributed by atoms with Crippen LogP contribution in [-0.4, -0.2) is 25.7 Å². The summed E-state index contributed by atoms with van der Waals surface area (Å²) in [5.41, 5.74) is 2.86. The van der Waals surface area contributed by atoms with E-state index in [9.17, 15) is 4.79 Å². The topological polar surface area (TPSA) is 75.6 Å². The third-order valence-electron chi connectivity index (χ3n) is 4.76. The Hall–Kier alpha value is -2.89. The molecule has 0 unspecified atom stereocenters. The zero-order chi connectivity index (χ0) is 17.8. The molecular weight excluding hydrogens is 326 g/mol. The van der Waals surface area contributed by atoms with E-state index in [1.807, 2.05) is 18.3 Å². The number of hydrogen-bond acceptors (Lipinski definition) is 3. The number of amides is 1. The Morgan fingerprint density at radius 2 is 2.12 bits per heavy atom. The maximum Gasteiger partial charge on any atom is 0.272 e. The van der Waals surface area contributed by atoms with Gasteiger partial charge in [-0.05, 0) is 37.3 Å². The van der Waals surface area contributed by atoms with Crippen molar-refractivity contribution in [3.8, 4) is 0 Å². The van der Waals surface area contributed by atoms with Crippen LogP contribution in [0.3, 0.4) is 0 Å². The molecule has 26 heavy (non-hydrogen) atoms. The summed E-state index contributed by atoms with van der Waals surface area (Å²) >= 11 is 0. The van der Waals surface area contributed by atoms with Gasteiger partial charge < -0.3 is 9.88 Å². The Bertz CT molecular complexity index is 863. The van der Waals surface area contributed by atoms with Crippen LogP contribution in [-0.2, 0) is 19.5 Å². The number of nitrogens with one attached hydrogen (secondary N) is 2. The summed E-state index contributed by atoms with van der Waals surface area (Å²) in [7, 11) is 0. The molecule has 0 radical (unpaired) electrons. The van der Waals surface area contributed by atoms with Crippen LogP contribution >= 0.6 is 0 Å². The number of rotatable bonds is 8. The van der Waals surface area contributed by atoms with Crippen LogP contribution in [0.5, 0.6) is 0 Å². The minimum Gasteiger partial charge on any atom is -0.343 e. The number of imidazole rings is 1. The van der Waals surface area contributed by atoms with Crippen molar-refractivity contribution in [3.05, 3.63) is 71.6 Å². The van der Waals surface area contributed by atoms with Crippen molar-refractivity contribution < 1.29 is 4.79 Å². The van der Waals surface area contributed by atoms with Crippen LogP contribution in [0.15, 0.2) is 48.8 Å². The number of carbonyl (C=O) groups excluding carboxylic acids is 1. The lowest BCUT2D eigenvalue weighted by Gasteiger charge is -2.08. The lowest BCUT2D eigenvalue weighted by Crippen LogP contribution is -2.25. The smallest absolute Gasteiger partial charge is 0.272 e. The quantitative estimate of drug-likeness (QED) is 0.656. The third-order valence-corrected chi connectivity index (χ3v) is 4.76. The Balaban J connectivity index is 1.28. The van der Waals surface area contributed by atoms with Gasteiger partial charge in [-0.3, -0.25) is 9.89 Å². The lowest BCUT2D eigenvalue weighted by atomic mass is 10.1. The van der Waals surface area contributed by atoms with Crippen LogP contribution in [0.2, 0.25) is 0 Å². The van der Waals surface area contributed by atoms with Gasteiger partial charge in [0.25, 0.3) is 5.91 Å². The van der Waals surface area contributed by atoms with Crippen molar-refractivity contribution in [2.75, 3.05) is 0 Å². The number of nitrogens with zero attached hydrogens (tertiary/aromatic N) is 3. The zero-order valence-corrected chi connectivity index (χ0v) is 14.7. The minimum atomic E-state index is -0.160. The van der Waals surface area contributed by atoms with Gasteiger partial charge in [0.15, 0.2) is 0 Å². The van der Waals surface area contributed by atoms with Gasteiger partial charge in [-0.25, -0.2) is 4.98 Å². The summed E-state index contributed by atoms with van der Waals surface area (Å²) in [4.78, 5) is 16.6. The normalized spacial score (nSPS) is 13.7. The summed E-state index contributed by atoms with van der Waals surface area (Å²) in [6, 6.07) is 12.3. The van der Waals surface area contributed by atoms with Gasteiger partial charge in [0, 0.05) is 30.6 Å². The molecule has 2 N–H and O–H groups in total. The fourth-order valence-electron chi connectivity index (χ4n) is 3.12. The number of aryl methyl sites for hydroxylation is 2. The third kappa shape index (κ3) is 4.02. The van der Waals surface area contributed by atoms with E-state index in [2.05, 4.69) is 49.3 Å². The first-order chi connectivity index (χ1) is 12.8. The molecule has 6 heteroatoms. The van der Waals surface area contributed by atoms with Crippen LogP contribution in [0.4, 0.5) is 0 Å². The van der Waals surface area contributed by atoms with E-state index in [4.69, 9.17) is 0 Å². The van der Waals surface area contributed by atoms with Crippen molar-refractivity contribution in [2.45, 2.75) is 44.7 Å². The molecule has 0 saturated heterocycles. The molecule has 1 aliphatic carbocycles. The van der Waals surface area contributed by atoms with E-state index in [1.54, 1.807) is 6.20 Å². The molecule has 1 aromatic carbocycles. The van der Waals surface area contributed by atoms with Gasteiger partial charge in [0.2, 0.25) is 0 Å². The SMILES string of the molecule is O=C(NCc1nccn1CCCc1ccccc1)c1cc(C2CC2)[nH]n1. The Morgan fingerprint density at radius 3 is 2.92 bits per heavy atom. The van der Waals surface area contributed by atoms with E-state index in [0.717, 1.165) is 30.9 Å². The Morgan fingerprint density at radius 1 is 1.27 bits per heavy atom. The second-order valence-corrected chi connectivity index (χ2v) is 6.79. The van der Waals surface area contributed by atoms with E-state index in [-0.39, 0.29) is 5.91 Å². The van der Waals surface area contributed by atoms with Crippen molar-refractivity contribution in [2.24, 2.45) is 0 Å². The van der Waals surface area contributed by atoms with Gasteiger partial charge in [0.05, 0.1) is 6.54 Å². The van der Waals surface area contributed by atoms with Crippen molar-refractivity contribution in [1.29, 1.82) is 0 Å². The summed E-state index contributed by atoms with van der Waals surface area (Å²) in [6.07, 6.45) is 8.18. The summed E-state index contributed by atoms with van der Waals surface area (Å²) in [5.74, 6) is 1.27. The Kier molecular flexibility index (Phi) is 4.82. The van der Waals surface area contributed by atoms with Gasteiger partial charge in [-0.15, -0.1) is 0 Å². The van der Waals surface area contributed by atoms with Crippen LogP contribution in [0, 0.1) is 0 Å². The molecule has 2 aromatic heterocycles. The van der Waals surface area contributed by atoms with Crippen LogP contribution in [0.25, 0.3) is 0 Å². The number of aromatic nitrogens is 4. The second-order valence-electron chi connectivity index (χ2n) is 6.79. The first-order valence-corrected chi connectivity index (χ1v) is 9.17. The molecule has 3 aromatic rings. The molecule has 0 aliphatic heterocycles. The van der Waals surface area contributed by atoms with Crippen LogP contribution < -0.4 is 5.32 Å². The van der Waals surface area contributed by atoms with Crippen molar-refractivity contribution in [3.63, 3.8) is 0 Å². The molecule has 1 amide bonds. The Labute approximate surface area is 152 Å². The number of hydrogen-bond donors (Lipinski definition) is 2. The van der Waals surface area contributed by atoms with Gasteiger partial charge >= 0.3 is 0 Å². The molecule has 0 spiro atoms. The lowest BCUT2D eigenvalue weighted by molar-refractivity contribution is 0.0944. The maximum atomic E-state index is 12.3. The molecular formula is C20H23N5O. The van der Waals surface area contributed by atoms with E-state index < -0.39 is 0 Å². The number of aromatic amines is 1. The molecule has 0 bridgehead atoms. The second kappa shape index (κ2) is 7.56. The number of H-pyrrole nitrogens is 1. The predicted molar refractivity (Wildman–Crippen MR) is 98.7 cm³/mol. The molecule has 6 nitrogen and oxygen atoms in total. The highest BCUT2D eigenvalue weighted by atomic mass is 16.1. The zero-order valence-electron chi connectivity index (χ0n) is 14.7. The largest absolute Gasteiger partial charge is 0.343 e. The minimum absolute atomic E-state index is 0.160. The molecule has 4 rings (SSSR count). The summed E-state index contributed by atoms with van der Waals surface area (Å²) in [6.45, 7) is 1.29. The van der Waals surface area contributed by atoms with Gasteiger partial charge in [-0.2, -0.15) is 5.10 Å².